The van der Waals surface area contributed by atoms with Crippen molar-refractivity contribution in [3.05, 3.63) is 0 Å². The summed E-state index contributed by atoms with van der Waals surface area (Å²) in [5, 5.41) is 6.64. The molecule has 0 aromatic carbocycles. The van der Waals surface area contributed by atoms with Crippen LogP contribution in [-0.4, -0.2) is 49.5 Å². The molecule has 1 aliphatic rings. The van der Waals surface area contributed by atoms with Gasteiger partial charge >= 0.3 is 0 Å². The fourth-order valence-corrected chi connectivity index (χ4v) is 2.82. The Morgan fingerprint density at radius 2 is 1.83 bits per heavy atom. The van der Waals surface area contributed by atoms with Crippen LogP contribution in [0.2, 0.25) is 0 Å². The van der Waals surface area contributed by atoms with Gasteiger partial charge in [0.05, 0.1) is 0 Å². The van der Waals surface area contributed by atoms with E-state index in [2.05, 4.69) is 36.4 Å². The third-order valence-electron chi connectivity index (χ3n) is 4.37. The SMILES string of the molecule is CCCCCC(C)(C)CNC(=NCC(=O)N1CCCC1)NCC. The summed E-state index contributed by atoms with van der Waals surface area (Å²) in [7, 11) is 0. The number of nitrogens with one attached hydrogen (secondary N) is 2. The van der Waals surface area contributed by atoms with Crippen LogP contribution in [0.4, 0.5) is 0 Å². The Morgan fingerprint density at radius 3 is 2.43 bits per heavy atom. The molecule has 1 rings (SSSR count). The van der Waals surface area contributed by atoms with E-state index in [9.17, 15) is 4.79 Å². The molecule has 0 bridgehead atoms. The van der Waals surface area contributed by atoms with Crippen LogP contribution in [-0.2, 0) is 4.79 Å². The molecule has 1 aliphatic heterocycles. The minimum Gasteiger partial charge on any atom is -0.357 e. The van der Waals surface area contributed by atoms with Gasteiger partial charge in [0.1, 0.15) is 6.54 Å². The third-order valence-corrected chi connectivity index (χ3v) is 4.37. The van der Waals surface area contributed by atoms with E-state index in [1.54, 1.807) is 0 Å². The van der Waals surface area contributed by atoms with Gasteiger partial charge in [0, 0.05) is 26.2 Å². The Balaban J connectivity index is 2.43. The molecular formula is C18H36N4O. The Bertz CT molecular complexity index is 373. The Morgan fingerprint density at radius 1 is 1.13 bits per heavy atom. The van der Waals surface area contributed by atoms with Gasteiger partial charge in [0.2, 0.25) is 5.91 Å². The van der Waals surface area contributed by atoms with Crippen LogP contribution in [0.3, 0.4) is 0 Å². The van der Waals surface area contributed by atoms with Crippen LogP contribution in [0.25, 0.3) is 0 Å². The smallest absolute Gasteiger partial charge is 0.244 e. The summed E-state index contributed by atoms with van der Waals surface area (Å²) in [5.74, 6) is 0.894. The number of guanidine groups is 1. The molecule has 0 aromatic rings. The maximum Gasteiger partial charge on any atom is 0.244 e. The van der Waals surface area contributed by atoms with E-state index in [-0.39, 0.29) is 17.9 Å². The van der Waals surface area contributed by atoms with Gasteiger partial charge in [0.25, 0.3) is 0 Å². The number of hydrogen-bond donors (Lipinski definition) is 2. The molecule has 0 spiro atoms. The summed E-state index contributed by atoms with van der Waals surface area (Å²) in [6.07, 6.45) is 7.28. The fourth-order valence-electron chi connectivity index (χ4n) is 2.82. The van der Waals surface area contributed by atoms with Crippen LogP contribution in [0.5, 0.6) is 0 Å². The summed E-state index contributed by atoms with van der Waals surface area (Å²) in [5.41, 5.74) is 0.240. The number of nitrogens with zero attached hydrogens (tertiary/aromatic N) is 2. The van der Waals surface area contributed by atoms with E-state index >= 15 is 0 Å². The number of aliphatic imine (C=N–C) groups is 1. The van der Waals surface area contributed by atoms with Gasteiger partial charge in [-0.2, -0.15) is 0 Å². The monoisotopic (exact) mass is 324 g/mol. The van der Waals surface area contributed by atoms with Gasteiger partial charge in [-0.25, -0.2) is 4.99 Å². The van der Waals surface area contributed by atoms with Crippen molar-refractivity contribution in [1.82, 2.24) is 15.5 Å². The lowest BCUT2D eigenvalue weighted by atomic mass is 9.87. The van der Waals surface area contributed by atoms with Gasteiger partial charge < -0.3 is 15.5 Å². The van der Waals surface area contributed by atoms with Crippen molar-refractivity contribution < 1.29 is 4.79 Å². The molecule has 0 radical (unpaired) electrons. The lowest BCUT2D eigenvalue weighted by Crippen LogP contribution is -2.42. The highest BCUT2D eigenvalue weighted by Gasteiger charge is 2.19. The topological polar surface area (TPSA) is 56.7 Å². The lowest BCUT2D eigenvalue weighted by Gasteiger charge is -2.26. The predicted octanol–water partition coefficient (Wildman–Crippen LogP) is 2.77. The van der Waals surface area contributed by atoms with E-state index in [1.165, 1.54) is 25.7 Å². The maximum atomic E-state index is 12.1. The molecule has 0 aliphatic carbocycles. The zero-order valence-electron chi connectivity index (χ0n) is 15.6. The molecule has 5 nitrogen and oxygen atoms in total. The van der Waals surface area contributed by atoms with Crippen LogP contribution in [0.1, 0.15) is 66.2 Å². The molecule has 1 fully saturated rings. The summed E-state index contributed by atoms with van der Waals surface area (Å²) in [4.78, 5) is 18.5. The number of amides is 1. The van der Waals surface area contributed by atoms with Gasteiger partial charge in [0.15, 0.2) is 5.96 Å². The molecule has 23 heavy (non-hydrogen) atoms. The number of carbonyl (C=O) groups is 1. The number of carbonyl (C=O) groups excluding carboxylic acids is 1. The molecule has 0 atom stereocenters. The number of hydrogen-bond acceptors (Lipinski definition) is 2. The number of unbranched alkanes of at least 4 members (excludes halogenated alkanes) is 2. The largest absolute Gasteiger partial charge is 0.357 e. The molecule has 0 unspecified atom stereocenters. The number of rotatable bonds is 9. The van der Waals surface area contributed by atoms with Crippen molar-refractivity contribution in [2.24, 2.45) is 10.4 Å². The molecular weight excluding hydrogens is 288 g/mol. The Labute approximate surface area is 142 Å². The Hall–Kier alpha value is -1.26. The summed E-state index contributed by atoms with van der Waals surface area (Å²) in [6, 6.07) is 0. The quantitative estimate of drug-likeness (QED) is 0.389. The summed E-state index contributed by atoms with van der Waals surface area (Å²) in [6.45, 7) is 12.6. The van der Waals surface area contributed by atoms with E-state index in [0.717, 1.165) is 45.0 Å². The highest BCUT2D eigenvalue weighted by atomic mass is 16.2. The number of likely N-dealkylation sites (tertiary alicyclic amines) is 1. The predicted molar refractivity (Wildman–Crippen MR) is 97.7 cm³/mol. The second kappa shape index (κ2) is 10.5. The van der Waals surface area contributed by atoms with Crippen molar-refractivity contribution in [2.45, 2.75) is 66.2 Å². The molecule has 1 saturated heterocycles. The first-order valence-corrected chi connectivity index (χ1v) is 9.28. The highest BCUT2D eigenvalue weighted by molar-refractivity contribution is 5.85. The van der Waals surface area contributed by atoms with Crippen LogP contribution in [0.15, 0.2) is 4.99 Å². The molecule has 1 heterocycles. The van der Waals surface area contributed by atoms with Crippen LogP contribution >= 0.6 is 0 Å². The molecule has 0 aromatic heterocycles. The third kappa shape index (κ3) is 8.24. The second-order valence-corrected chi connectivity index (χ2v) is 7.26. The van der Waals surface area contributed by atoms with Crippen molar-refractivity contribution >= 4 is 11.9 Å². The van der Waals surface area contributed by atoms with E-state index in [4.69, 9.17) is 0 Å². The molecule has 0 saturated carbocycles. The second-order valence-electron chi connectivity index (χ2n) is 7.26. The van der Waals surface area contributed by atoms with Gasteiger partial charge in [-0.1, -0.05) is 40.0 Å². The highest BCUT2D eigenvalue weighted by Crippen LogP contribution is 2.22. The molecule has 5 heteroatoms. The Kier molecular flexibility index (Phi) is 9.03. The van der Waals surface area contributed by atoms with Gasteiger partial charge in [-0.05, 0) is 31.6 Å². The van der Waals surface area contributed by atoms with Crippen molar-refractivity contribution in [1.29, 1.82) is 0 Å². The standard InChI is InChI=1S/C18H36N4O/c1-5-7-8-11-18(3,4)15-21-17(19-6-2)20-14-16(23)22-12-9-10-13-22/h5-15H2,1-4H3,(H2,19,20,21). The zero-order valence-corrected chi connectivity index (χ0v) is 15.6. The molecule has 1 amide bonds. The van der Waals surface area contributed by atoms with Crippen molar-refractivity contribution in [3.8, 4) is 0 Å². The maximum absolute atomic E-state index is 12.1. The van der Waals surface area contributed by atoms with Crippen LogP contribution < -0.4 is 10.6 Å². The average molecular weight is 325 g/mol. The molecule has 134 valence electrons. The average Bonchev–Trinajstić information content (AvgIpc) is 3.04. The summed E-state index contributed by atoms with van der Waals surface area (Å²) < 4.78 is 0. The first-order valence-electron chi connectivity index (χ1n) is 9.28. The minimum absolute atomic E-state index is 0.141. The van der Waals surface area contributed by atoms with Crippen molar-refractivity contribution in [3.63, 3.8) is 0 Å². The van der Waals surface area contributed by atoms with Crippen LogP contribution in [0, 0.1) is 5.41 Å². The summed E-state index contributed by atoms with van der Waals surface area (Å²) >= 11 is 0. The van der Waals surface area contributed by atoms with E-state index in [0.29, 0.717) is 0 Å². The van der Waals surface area contributed by atoms with Crippen molar-refractivity contribution in [2.75, 3.05) is 32.7 Å². The minimum atomic E-state index is 0.141. The zero-order chi connectivity index (χ0) is 17.1. The van der Waals surface area contributed by atoms with E-state index in [1.807, 2.05) is 11.8 Å². The first-order chi connectivity index (χ1) is 11.0. The fraction of sp³-hybridized carbons (Fsp3) is 0.889. The lowest BCUT2D eigenvalue weighted by molar-refractivity contribution is -0.128. The normalized spacial score (nSPS) is 15.8. The van der Waals surface area contributed by atoms with Gasteiger partial charge in [-0.15, -0.1) is 0 Å². The van der Waals surface area contributed by atoms with E-state index < -0.39 is 0 Å². The molecule has 2 N–H and O–H groups in total. The first kappa shape index (κ1) is 19.8. The van der Waals surface area contributed by atoms with Gasteiger partial charge in [-0.3, -0.25) is 4.79 Å².